The third-order valence-corrected chi connectivity index (χ3v) is 3.07. The molecule has 0 spiro atoms. The number of aromatic nitrogens is 3. The fraction of sp³-hybridized carbons (Fsp3) is 0.812. The molecule has 0 aliphatic carbocycles. The van der Waals surface area contributed by atoms with Crippen LogP contribution in [0.25, 0.3) is 0 Å². The average molecular weight is 295 g/mol. The zero-order valence-corrected chi connectivity index (χ0v) is 14.3. The van der Waals surface area contributed by atoms with Crippen molar-refractivity contribution < 1.29 is 9.53 Å². The number of ketones is 1. The first-order chi connectivity index (χ1) is 9.58. The van der Waals surface area contributed by atoms with Gasteiger partial charge in [0.2, 0.25) is 0 Å². The molecule has 1 aromatic rings. The number of hydrogen-bond donors (Lipinski definition) is 0. The van der Waals surface area contributed by atoms with Crippen molar-refractivity contribution in [2.24, 2.45) is 10.8 Å². The van der Waals surface area contributed by atoms with E-state index in [9.17, 15) is 4.79 Å². The summed E-state index contributed by atoms with van der Waals surface area (Å²) < 4.78 is 7.30. The maximum Gasteiger partial charge on any atom is 0.140 e. The summed E-state index contributed by atoms with van der Waals surface area (Å²) in [5, 5.41) is 8.26. The highest BCUT2D eigenvalue weighted by Gasteiger charge is 2.20. The number of hydrogen-bond acceptors (Lipinski definition) is 4. The van der Waals surface area contributed by atoms with E-state index in [0.29, 0.717) is 26.2 Å². The van der Waals surface area contributed by atoms with Crippen molar-refractivity contribution in [3.63, 3.8) is 0 Å². The first kappa shape index (κ1) is 17.8. The smallest absolute Gasteiger partial charge is 0.140 e. The molecule has 0 bridgehead atoms. The first-order valence-electron chi connectivity index (χ1n) is 7.58. The van der Waals surface area contributed by atoms with Crippen molar-refractivity contribution in [3.05, 3.63) is 11.9 Å². The molecule has 0 saturated carbocycles. The van der Waals surface area contributed by atoms with Gasteiger partial charge in [-0.1, -0.05) is 46.8 Å². The Morgan fingerprint density at radius 1 is 1.19 bits per heavy atom. The van der Waals surface area contributed by atoms with Crippen molar-refractivity contribution in [2.45, 2.75) is 60.9 Å². The Morgan fingerprint density at radius 3 is 2.43 bits per heavy atom. The standard InChI is InChI=1S/C16H29N3O2/c1-15(2,3)11-13-12-19(18-17-13)8-10-21-9-7-14(20)16(4,5)6/h12H,7-11H2,1-6H3. The largest absolute Gasteiger partial charge is 0.379 e. The van der Waals surface area contributed by atoms with Crippen LogP contribution in [0.15, 0.2) is 6.20 Å². The summed E-state index contributed by atoms with van der Waals surface area (Å²) >= 11 is 0. The van der Waals surface area contributed by atoms with Crippen LogP contribution in [0.1, 0.15) is 53.7 Å². The number of nitrogens with zero attached hydrogens (tertiary/aromatic N) is 3. The van der Waals surface area contributed by atoms with Crippen LogP contribution in [-0.2, 0) is 22.5 Å². The second-order valence-corrected chi connectivity index (χ2v) is 7.75. The third kappa shape index (κ3) is 7.37. The zero-order valence-electron chi connectivity index (χ0n) is 14.3. The molecule has 0 N–H and O–H groups in total. The number of carbonyl (C=O) groups excluding carboxylic acids is 1. The lowest BCUT2D eigenvalue weighted by atomic mass is 9.89. The minimum absolute atomic E-state index is 0.213. The Balaban J connectivity index is 2.23. The van der Waals surface area contributed by atoms with Gasteiger partial charge in [0.15, 0.2) is 0 Å². The molecular formula is C16H29N3O2. The van der Waals surface area contributed by atoms with Crippen LogP contribution in [0.3, 0.4) is 0 Å². The molecule has 0 aliphatic heterocycles. The molecule has 0 aromatic carbocycles. The van der Waals surface area contributed by atoms with E-state index in [2.05, 4.69) is 31.1 Å². The monoisotopic (exact) mass is 295 g/mol. The van der Waals surface area contributed by atoms with Gasteiger partial charge in [-0.15, -0.1) is 5.10 Å². The van der Waals surface area contributed by atoms with Crippen LogP contribution in [0.4, 0.5) is 0 Å². The van der Waals surface area contributed by atoms with Crippen LogP contribution in [0.5, 0.6) is 0 Å². The minimum atomic E-state index is -0.281. The lowest BCUT2D eigenvalue weighted by molar-refractivity contribution is -0.127. The van der Waals surface area contributed by atoms with Crippen molar-refractivity contribution in [1.82, 2.24) is 15.0 Å². The molecule has 1 aromatic heterocycles. The molecule has 0 unspecified atom stereocenters. The van der Waals surface area contributed by atoms with E-state index < -0.39 is 0 Å². The third-order valence-electron chi connectivity index (χ3n) is 3.07. The predicted octanol–water partition coefficient (Wildman–Crippen LogP) is 2.89. The molecule has 0 amide bonds. The van der Waals surface area contributed by atoms with Crippen LogP contribution in [-0.4, -0.2) is 34.0 Å². The highest BCUT2D eigenvalue weighted by atomic mass is 16.5. The molecule has 0 atom stereocenters. The second-order valence-electron chi connectivity index (χ2n) is 7.75. The fourth-order valence-corrected chi connectivity index (χ4v) is 1.87. The summed E-state index contributed by atoms with van der Waals surface area (Å²) in [7, 11) is 0. The van der Waals surface area contributed by atoms with Gasteiger partial charge < -0.3 is 4.74 Å². The second kappa shape index (κ2) is 7.16. The van der Waals surface area contributed by atoms with Crippen LogP contribution >= 0.6 is 0 Å². The van der Waals surface area contributed by atoms with Crippen LogP contribution < -0.4 is 0 Å². The van der Waals surface area contributed by atoms with Gasteiger partial charge in [-0.05, 0) is 11.8 Å². The van der Waals surface area contributed by atoms with Gasteiger partial charge in [-0.2, -0.15) is 0 Å². The van der Waals surface area contributed by atoms with Crippen LogP contribution in [0, 0.1) is 10.8 Å². The lowest BCUT2D eigenvalue weighted by Crippen LogP contribution is -2.21. The van der Waals surface area contributed by atoms with E-state index in [1.807, 2.05) is 27.0 Å². The van der Waals surface area contributed by atoms with E-state index in [1.54, 1.807) is 4.68 Å². The van der Waals surface area contributed by atoms with Crippen LogP contribution in [0.2, 0.25) is 0 Å². The fourth-order valence-electron chi connectivity index (χ4n) is 1.87. The summed E-state index contributed by atoms with van der Waals surface area (Å²) in [6.07, 6.45) is 3.35. The molecule has 0 aliphatic rings. The van der Waals surface area contributed by atoms with Gasteiger partial charge in [0.1, 0.15) is 5.78 Å². The SMILES string of the molecule is CC(C)(C)Cc1cn(CCOCCC(=O)C(C)(C)C)nn1. The topological polar surface area (TPSA) is 57.0 Å². The van der Waals surface area contributed by atoms with Gasteiger partial charge in [0, 0.05) is 18.0 Å². The van der Waals surface area contributed by atoms with Gasteiger partial charge in [0.05, 0.1) is 25.5 Å². The highest BCUT2D eigenvalue weighted by molar-refractivity contribution is 5.83. The summed E-state index contributed by atoms with van der Waals surface area (Å²) in [5.41, 5.74) is 0.937. The molecule has 120 valence electrons. The number of rotatable bonds is 7. The maximum atomic E-state index is 11.7. The molecule has 1 heterocycles. The predicted molar refractivity (Wildman–Crippen MR) is 83.1 cm³/mol. The lowest BCUT2D eigenvalue weighted by Gasteiger charge is -2.16. The van der Waals surface area contributed by atoms with Crippen molar-refractivity contribution in [3.8, 4) is 0 Å². The molecule has 0 fully saturated rings. The Labute approximate surface area is 128 Å². The van der Waals surface area contributed by atoms with E-state index in [4.69, 9.17) is 4.74 Å². The van der Waals surface area contributed by atoms with E-state index in [0.717, 1.165) is 12.1 Å². The molecule has 5 nitrogen and oxygen atoms in total. The normalized spacial score (nSPS) is 12.7. The highest BCUT2D eigenvalue weighted by Crippen LogP contribution is 2.18. The van der Waals surface area contributed by atoms with E-state index >= 15 is 0 Å². The van der Waals surface area contributed by atoms with E-state index in [1.165, 1.54) is 0 Å². The molecule has 0 saturated heterocycles. The number of Topliss-reactive ketones (excluding diaryl/α,β-unsaturated/α-hetero) is 1. The maximum absolute atomic E-state index is 11.7. The number of ether oxygens (including phenoxy) is 1. The Bertz CT molecular complexity index is 453. The average Bonchev–Trinajstić information content (AvgIpc) is 2.72. The number of carbonyl (C=O) groups is 1. The summed E-state index contributed by atoms with van der Waals surface area (Å²) in [6, 6.07) is 0. The van der Waals surface area contributed by atoms with Crippen molar-refractivity contribution in [1.29, 1.82) is 0 Å². The quantitative estimate of drug-likeness (QED) is 0.726. The summed E-state index contributed by atoms with van der Waals surface area (Å²) in [5.74, 6) is 0.232. The van der Waals surface area contributed by atoms with Gasteiger partial charge in [-0.25, -0.2) is 4.68 Å². The molecular weight excluding hydrogens is 266 g/mol. The van der Waals surface area contributed by atoms with Gasteiger partial charge in [0.25, 0.3) is 0 Å². The summed E-state index contributed by atoms with van der Waals surface area (Å²) in [4.78, 5) is 11.7. The minimum Gasteiger partial charge on any atom is -0.379 e. The summed E-state index contributed by atoms with van der Waals surface area (Å²) in [6.45, 7) is 14.0. The van der Waals surface area contributed by atoms with Gasteiger partial charge in [-0.3, -0.25) is 4.79 Å². The Kier molecular flexibility index (Phi) is 6.08. The molecule has 5 heteroatoms. The van der Waals surface area contributed by atoms with E-state index in [-0.39, 0.29) is 16.6 Å². The van der Waals surface area contributed by atoms with Crippen molar-refractivity contribution in [2.75, 3.05) is 13.2 Å². The molecule has 0 radical (unpaired) electrons. The zero-order chi connectivity index (χ0) is 16.1. The molecule has 21 heavy (non-hydrogen) atoms. The van der Waals surface area contributed by atoms with Gasteiger partial charge >= 0.3 is 0 Å². The first-order valence-corrected chi connectivity index (χ1v) is 7.58. The van der Waals surface area contributed by atoms with Crippen molar-refractivity contribution >= 4 is 5.78 Å². The Morgan fingerprint density at radius 2 is 1.86 bits per heavy atom. The Hall–Kier alpha value is -1.23. The molecule has 1 rings (SSSR count).